The summed E-state index contributed by atoms with van der Waals surface area (Å²) in [6.45, 7) is 6.50. The predicted molar refractivity (Wildman–Crippen MR) is 97.2 cm³/mol. The van der Waals surface area contributed by atoms with Crippen LogP contribution >= 0.6 is 0 Å². The summed E-state index contributed by atoms with van der Waals surface area (Å²) in [6, 6.07) is 2.98. The normalized spacial score (nSPS) is 15.8. The van der Waals surface area contributed by atoms with Crippen molar-refractivity contribution in [2.75, 3.05) is 26.2 Å². The molecule has 1 aromatic rings. The third-order valence-electron chi connectivity index (χ3n) is 4.55. The maximum absolute atomic E-state index is 14.1. The third-order valence-corrected chi connectivity index (χ3v) is 6.60. The van der Waals surface area contributed by atoms with Crippen molar-refractivity contribution in [2.45, 2.75) is 44.6 Å². The van der Waals surface area contributed by atoms with Crippen LogP contribution in [0.15, 0.2) is 23.1 Å². The van der Waals surface area contributed by atoms with E-state index in [4.69, 9.17) is 4.74 Å². The third kappa shape index (κ3) is 4.65. The Hall–Kier alpha value is -2.00. The van der Waals surface area contributed by atoms with Crippen LogP contribution in [0.3, 0.4) is 0 Å². The lowest BCUT2D eigenvalue weighted by Crippen LogP contribution is -2.38. The number of hydrogen-bond acceptors (Lipinski definition) is 5. The molecule has 1 fully saturated rings. The fourth-order valence-corrected chi connectivity index (χ4v) is 4.49. The lowest BCUT2D eigenvalue weighted by molar-refractivity contribution is -0.138. The molecule has 0 N–H and O–H groups in total. The Labute approximate surface area is 159 Å². The van der Waals surface area contributed by atoms with Crippen LogP contribution in [-0.4, -0.2) is 61.8 Å². The average molecular weight is 400 g/mol. The summed E-state index contributed by atoms with van der Waals surface area (Å²) in [5.74, 6) is -2.31. The summed E-state index contributed by atoms with van der Waals surface area (Å²) in [4.78, 5) is 26.0. The maximum Gasteiger partial charge on any atom is 0.341 e. The summed E-state index contributed by atoms with van der Waals surface area (Å²) >= 11 is 0. The molecule has 1 aromatic carbocycles. The van der Waals surface area contributed by atoms with Gasteiger partial charge in [-0.05, 0) is 38.0 Å². The van der Waals surface area contributed by atoms with Crippen molar-refractivity contribution in [1.82, 2.24) is 9.21 Å². The van der Waals surface area contributed by atoms with Crippen LogP contribution in [0, 0.1) is 5.82 Å². The zero-order chi connectivity index (χ0) is 20.2. The topological polar surface area (TPSA) is 84.0 Å². The predicted octanol–water partition coefficient (Wildman–Crippen LogP) is 2.02. The number of nitrogens with zero attached hydrogens (tertiary/aromatic N) is 2. The number of likely N-dealkylation sites (tertiary alicyclic amines) is 1. The van der Waals surface area contributed by atoms with E-state index in [9.17, 15) is 22.4 Å². The molecular weight excluding hydrogens is 375 g/mol. The van der Waals surface area contributed by atoms with Crippen molar-refractivity contribution >= 4 is 21.9 Å². The van der Waals surface area contributed by atoms with Gasteiger partial charge in [-0.1, -0.05) is 13.8 Å². The Bertz CT molecular complexity index is 802. The lowest BCUT2D eigenvalue weighted by atomic mass is 10.2. The van der Waals surface area contributed by atoms with Gasteiger partial charge in [0.05, 0.1) is 10.5 Å². The minimum atomic E-state index is -3.85. The first-order valence-electron chi connectivity index (χ1n) is 9.01. The molecular formula is C18H25FN2O5S. The summed E-state index contributed by atoms with van der Waals surface area (Å²) in [6.07, 6.45) is 0.719. The molecule has 150 valence electrons. The van der Waals surface area contributed by atoms with E-state index in [0.717, 1.165) is 31.0 Å². The van der Waals surface area contributed by atoms with Crippen LogP contribution in [-0.2, 0) is 19.6 Å². The van der Waals surface area contributed by atoms with Gasteiger partial charge in [-0.2, -0.15) is 4.31 Å². The Morgan fingerprint density at radius 2 is 1.81 bits per heavy atom. The van der Waals surface area contributed by atoms with E-state index in [0.29, 0.717) is 13.1 Å². The van der Waals surface area contributed by atoms with E-state index in [1.54, 1.807) is 18.7 Å². The number of amides is 1. The molecule has 1 aliphatic rings. The molecule has 1 aliphatic heterocycles. The first-order valence-corrected chi connectivity index (χ1v) is 10.5. The highest BCUT2D eigenvalue weighted by molar-refractivity contribution is 7.89. The molecule has 0 unspecified atom stereocenters. The van der Waals surface area contributed by atoms with Gasteiger partial charge in [0.15, 0.2) is 6.10 Å². The van der Waals surface area contributed by atoms with Crippen molar-refractivity contribution in [2.24, 2.45) is 0 Å². The SMILES string of the molecule is CCN(CC)S(=O)(=O)c1ccc(F)c(C(=O)O[C@@H](C)C(=O)N2CCCC2)c1. The van der Waals surface area contributed by atoms with Gasteiger partial charge < -0.3 is 9.64 Å². The van der Waals surface area contributed by atoms with E-state index >= 15 is 0 Å². The van der Waals surface area contributed by atoms with Crippen molar-refractivity contribution in [3.63, 3.8) is 0 Å². The molecule has 1 atom stereocenters. The number of carbonyl (C=O) groups excluding carboxylic acids is 2. The molecule has 0 bridgehead atoms. The molecule has 7 nitrogen and oxygen atoms in total. The van der Waals surface area contributed by atoms with Crippen molar-refractivity contribution in [3.8, 4) is 0 Å². The minimum absolute atomic E-state index is 0.196. The zero-order valence-electron chi connectivity index (χ0n) is 15.8. The summed E-state index contributed by atoms with van der Waals surface area (Å²) in [5, 5.41) is 0. The quantitative estimate of drug-likeness (QED) is 0.654. The first-order chi connectivity index (χ1) is 12.7. The second kappa shape index (κ2) is 8.79. The fraction of sp³-hybridized carbons (Fsp3) is 0.556. The smallest absolute Gasteiger partial charge is 0.341 e. The number of ether oxygens (including phenoxy) is 1. The highest BCUT2D eigenvalue weighted by Gasteiger charge is 2.29. The Morgan fingerprint density at radius 3 is 2.37 bits per heavy atom. The number of esters is 1. The monoisotopic (exact) mass is 400 g/mol. The first kappa shape index (κ1) is 21.3. The largest absolute Gasteiger partial charge is 0.449 e. The standard InChI is InChI=1S/C18H25FN2O5S/c1-4-21(5-2)27(24,25)14-8-9-16(19)15(12-14)18(23)26-13(3)17(22)20-10-6-7-11-20/h8-9,12-13H,4-7,10-11H2,1-3H3/t13-/m0/s1. The van der Waals surface area contributed by atoms with Gasteiger partial charge in [0.1, 0.15) is 5.82 Å². The van der Waals surface area contributed by atoms with Crippen LogP contribution in [0.25, 0.3) is 0 Å². The molecule has 0 saturated carbocycles. The van der Waals surface area contributed by atoms with Crippen LogP contribution in [0.2, 0.25) is 0 Å². The summed E-state index contributed by atoms with van der Waals surface area (Å²) < 4.78 is 45.6. The summed E-state index contributed by atoms with van der Waals surface area (Å²) in [7, 11) is -3.85. The lowest BCUT2D eigenvalue weighted by Gasteiger charge is -2.21. The van der Waals surface area contributed by atoms with Gasteiger partial charge in [-0.3, -0.25) is 4.79 Å². The van der Waals surface area contributed by atoms with Gasteiger partial charge in [0.2, 0.25) is 10.0 Å². The van der Waals surface area contributed by atoms with Gasteiger partial charge in [-0.15, -0.1) is 0 Å². The van der Waals surface area contributed by atoms with Crippen molar-refractivity contribution in [3.05, 3.63) is 29.6 Å². The number of rotatable bonds is 7. The molecule has 9 heteroatoms. The fourth-order valence-electron chi connectivity index (χ4n) is 3.00. The van der Waals surface area contributed by atoms with E-state index < -0.39 is 33.5 Å². The van der Waals surface area contributed by atoms with E-state index in [1.165, 1.54) is 11.2 Å². The average Bonchev–Trinajstić information content (AvgIpc) is 3.16. The molecule has 27 heavy (non-hydrogen) atoms. The van der Waals surface area contributed by atoms with Crippen LogP contribution in [0.1, 0.15) is 44.0 Å². The van der Waals surface area contributed by atoms with Crippen molar-refractivity contribution < 1.29 is 27.1 Å². The second-order valence-corrected chi connectivity index (χ2v) is 8.25. The van der Waals surface area contributed by atoms with Crippen LogP contribution < -0.4 is 0 Å². The van der Waals surface area contributed by atoms with Crippen LogP contribution in [0.5, 0.6) is 0 Å². The molecule has 0 radical (unpaired) electrons. The van der Waals surface area contributed by atoms with Gasteiger partial charge in [0.25, 0.3) is 5.91 Å². The number of sulfonamides is 1. The van der Waals surface area contributed by atoms with Gasteiger partial charge in [0, 0.05) is 26.2 Å². The number of hydrogen-bond donors (Lipinski definition) is 0. The number of benzene rings is 1. The Kier molecular flexibility index (Phi) is 6.94. The summed E-state index contributed by atoms with van der Waals surface area (Å²) in [5.41, 5.74) is -0.510. The maximum atomic E-state index is 14.1. The van der Waals surface area contributed by atoms with E-state index in [-0.39, 0.29) is 23.9 Å². The minimum Gasteiger partial charge on any atom is -0.449 e. The van der Waals surface area contributed by atoms with Crippen molar-refractivity contribution in [1.29, 1.82) is 0 Å². The zero-order valence-corrected chi connectivity index (χ0v) is 16.6. The van der Waals surface area contributed by atoms with E-state index in [2.05, 4.69) is 0 Å². The molecule has 1 heterocycles. The molecule has 0 spiro atoms. The Balaban J connectivity index is 2.22. The van der Waals surface area contributed by atoms with Gasteiger partial charge >= 0.3 is 5.97 Å². The molecule has 1 saturated heterocycles. The molecule has 1 amide bonds. The molecule has 2 rings (SSSR count). The van der Waals surface area contributed by atoms with Crippen LogP contribution in [0.4, 0.5) is 4.39 Å². The second-order valence-electron chi connectivity index (χ2n) is 6.31. The van der Waals surface area contributed by atoms with Gasteiger partial charge in [-0.25, -0.2) is 17.6 Å². The Morgan fingerprint density at radius 1 is 1.22 bits per heavy atom. The molecule has 0 aromatic heterocycles. The van der Waals surface area contributed by atoms with E-state index in [1.807, 2.05) is 0 Å². The molecule has 0 aliphatic carbocycles. The highest BCUT2D eigenvalue weighted by Crippen LogP contribution is 2.21. The highest BCUT2D eigenvalue weighted by atomic mass is 32.2. The number of halogens is 1. The number of carbonyl (C=O) groups is 2.